The molecule has 0 saturated carbocycles. The molecule has 0 aromatic carbocycles. The fourth-order valence-corrected chi connectivity index (χ4v) is 2.16. The van der Waals surface area contributed by atoms with E-state index < -0.39 is 15.8 Å². The molecule has 0 bridgehead atoms. The van der Waals surface area contributed by atoms with Gasteiger partial charge in [-0.15, -0.1) is 0 Å². The van der Waals surface area contributed by atoms with Gasteiger partial charge >= 0.3 is 5.97 Å². The molecule has 90 valence electrons. The standard InChI is InChI=1S/C9H14N2O4S/c1-3-11-7(6-16(14,15)4-2)5-8(10-11)9(12)13/h5H,3-4,6H2,1-2H3,(H,12,13). The summed E-state index contributed by atoms with van der Waals surface area (Å²) in [6, 6.07) is 1.30. The second-order valence-electron chi connectivity index (χ2n) is 3.32. The zero-order valence-corrected chi connectivity index (χ0v) is 9.99. The molecule has 16 heavy (non-hydrogen) atoms. The molecular weight excluding hydrogens is 232 g/mol. The van der Waals surface area contributed by atoms with E-state index in [1.165, 1.54) is 10.7 Å². The van der Waals surface area contributed by atoms with Crippen LogP contribution in [0.2, 0.25) is 0 Å². The Morgan fingerprint density at radius 3 is 2.56 bits per heavy atom. The molecule has 0 saturated heterocycles. The van der Waals surface area contributed by atoms with Gasteiger partial charge < -0.3 is 5.11 Å². The van der Waals surface area contributed by atoms with Gasteiger partial charge in [-0.05, 0) is 13.0 Å². The predicted molar refractivity (Wildman–Crippen MR) is 58.0 cm³/mol. The molecule has 0 amide bonds. The summed E-state index contributed by atoms with van der Waals surface area (Å²) in [6.07, 6.45) is 0. The van der Waals surface area contributed by atoms with E-state index in [9.17, 15) is 13.2 Å². The molecule has 7 heteroatoms. The number of nitrogens with zero attached hydrogens (tertiary/aromatic N) is 2. The van der Waals surface area contributed by atoms with Crippen molar-refractivity contribution in [2.45, 2.75) is 26.1 Å². The van der Waals surface area contributed by atoms with E-state index in [1.54, 1.807) is 13.8 Å². The van der Waals surface area contributed by atoms with Gasteiger partial charge in [-0.25, -0.2) is 13.2 Å². The van der Waals surface area contributed by atoms with Crippen molar-refractivity contribution < 1.29 is 18.3 Å². The van der Waals surface area contributed by atoms with Crippen molar-refractivity contribution in [3.8, 4) is 0 Å². The van der Waals surface area contributed by atoms with E-state index in [0.29, 0.717) is 12.2 Å². The maximum atomic E-state index is 11.4. The van der Waals surface area contributed by atoms with Gasteiger partial charge in [-0.2, -0.15) is 5.10 Å². The van der Waals surface area contributed by atoms with Crippen LogP contribution < -0.4 is 0 Å². The quantitative estimate of drug-likeness (QED) is 0.818. The Labute approximate surface area is 93.8 Å². The molecule has 0 aliphatic heterocycles. The monoisotopic (exact) mass is 246 g/mol. The molecule has 0 radical (unpaired) electrons. The normalized spacial score (nSPS) is 11.6. The lowest BCUT2D eigenvalue weighted by Crippen LogP contribution is -2.11. The molecule has 6 nitrogen and oxygen atoms in total. The zero-order valence-electron chi connectivity index (χ0n) is 9.17. The third-order valence-corrected chi connectivity index (χ3v) is 3.80. The molecule has 1 aromatic heterocycles. The Kier molecular flexibility index (Phi) is 3.69. The van der Waals surface area contributed by atoms with Gasteiger partial charge in [0.1, 0.15) is 0 Å². The van der Waals surface area contributed by atoms with Crippen LogP contribution >= 0.6 is 0 Å². The average Bonchev–Trinajstić information content (AvgIpc) is 2.60. The molecule has 0 atom stereocenters. The minimum Gasteiger partial charge on any atom is -0.476 e. The first-order valence-corrected chi connectivity index (χ1v) is 6.72. The molecule has 1 aromatic rings. The van der Waals surface area contributed by atoms with Crippen LogP contribution in [0.15, 0.2) is 6.07 Å². The molecule has 1 N–H and O–H groups in total. The van der Waals surface area contributed by atoms with Gasteiger partial charge in [0.2, 0.25) is 0 Å². The molecule has 0 aliphatic rings. The second kappa shape index (κ2) is 4.65. The van der Waals surface area contributed by atoms with Crippen molar-refractivity contribution in [2.75, 3.05) is 5.75 Å². The lowest BCUT2D eigenvalue weighted by atomic mass is 10.4. The second-order valence-corrected chi connectivity index (χ2v) is 5.67. The highest BCUT2D eigenvalue weighted by molar-refractivity contribution is 7.90. The van der Waals surface area contributed by atoms with Crippen LogP contribution in [-0.2, 0) is 22.1 Å². The van der Waals surface area contributed by atoms with E-state index in [-0.39, 0.29) is 17.2 Å². The van der Waals surface area contributed by atoms with Crippen molar-refractivity contribution in [1.29, 1.82) is 0 Å². The molecule has 1 rings (SSSR count). The van der Waals surface area contributed by atoms with Gasteiger partial charge in [0, 0.05) is 12.3 Å². The van der Waals surface area contributed by atoms with Crippen LogP contribution in [0.25, 0.3) is 0 Å². The maximum absolute atomic E-state index is 11.4. The first-order valence-electron chi connectivity index (χ1n) is 4.90. The topological polar surface area (TPSA) is 89.3 Å². The number of hydrogen-bond acceptors (Lipinski definition) is 4. The van der Waals surface area contributed by atoms with Crippen LogP contribution in [0.5, 0.6) is 0 Å². The Balaban J connectivity index is 3.08. The van der Waals surface area contributed by atoms with Gasteiger partial charge in [-0.1, -0.05) is 6.92 Å². The van der Waals surface area contributed by atoms with Crippen molar-refractivity contribution in [2.24, 2.45) is 0 Å². The summed E-state index contributed by atoms with van der Waals surface area (Å²) >= 11 is 0. The number of aromatic nitrogens is 2. The summed E-state index contributed by atoms with van der Waals surface area (Å²) in [4.78, 5) is 10.7. The molecule has 0 spiro atoms. The molecule has 0 aliphatic carbocycles. The minimum atomic E-state index is -3.17. The van der Waals surface area contributed by atoms with Crippen LogP contribution in [0.3, 0.4) is 0 Å². The van der Waals surface area contributed by atoms with Crippen molar-refractivity contribution >= 4 is 15.8 Å². The Morgan fingerprint density at radius 2 is 2.12 bits per heavy atom. The lowest BCUT2D eigenvalue weighted by molar-refractivity contribution is 0.0689. The van der Waals surface area contributed by atoms with E-state index in [0.717, 1.165) is 0 Å². The third kappa shape index (κ3) is 2.82. The predicted octanol–water partition coefficient (Wildman–Crippen LogP) is 0.536. The van der Waals surface area contributed by atoms with E-state index in [2.05, 4.69) is 5.10 Å². The Hall–Kier alpha value is -1.37. The number of carboxylic acid groups (broad SMARTS) is 1. The number of sulfone groups is 1. The van der Waals surface area contributed by atoms with E-state index in [4.69, 9.17) is 5.11 Å². The fourth-order valence-electron chi connectivity index (χ4n) is 1.28. The number of carboxylic acids is 1. The van der Waals surface area contributed by atoms with Gasteiger partial charge in [0.15, 0.2) is 15.5 Å². The van der Waals surface area contributed by atoms with Gasteiger partial charge in [-0.3, -0.25) is 4.68 Å². The first kappa shape index (κ1) is 12.7. The average molecular weight is 246 g/mol. The summed E-state index contributed by atoms with van der Waals surface area (Å²) in [6.45, 7) is 3.78. The number of rotatable bonds is 5. The first-order chi connectivity index (χ1) is 7.39. The van der Waals surface area contributed by atoms with Crippen LogP contribution in [0.4, 0.5) is 0 Å². The zero-order chi connectivity index (χ0) is 12.3. The summed E-state index contributed by atoms with van der Waals surface area (Å²) in [5, 5.41) is 12.5. The SMILES string of the molecule is CCn1nc(C(=O)O)cc1CS(=O)(=O)CC. The van der Waals surface area contributed by atoms with Crippen LogP contribution in [-0.4, -0.2) is 35.0 Å². The Morgan fingerprint density at radius 1 is 1.50 bits per heavy atom. The number of aryl methyl sites for hydroxylation is 1. The van der Waals surface area contributed by atoms with Crippen molar-refractivity contribution in [3.63, 3.8) is 0 Å². The lowest BCUT2D eigenvalue weighted by Gasteiger charge is -2.03. The minimum absolute atomic E-state index is 0.0320. The summed E-state index contributed by atoms with van der Waals surface area (Å²) < 4.78 is 24.3. The fraction of sp³-hybridized carbons (Fsp3) is 0.556. The Bertz CT molecular complexity index is 490. The van der Waals surface area contributed by atoms with Crippen LogP contribution in [0, 0.1) is 0 Å². The highest BCUT2D eigenvalue weighted by Gasteiger charge is 2.17. The summed E-state index contributed by atoms with van der Waals surface area (Å²) in [7, 11) is -3.17. The number of aromatic carboxylic acids is 1. The molecule has 1 heterocycles. The highest BCUT2D eigenvalue weighted by atomic mass is 32.2. The van der Waals surface area contributed by atoms with Gasteiger partial charge in [0.25, 0.3) is 0 Å². The third-order valence-electron chi connectivity index (χ3n) is 2.19. The van der Waals surface area contributed by atoms with Crippen molar-refractivity contribution in [1.82, 2.24) is 9.78 Å². The molecular formula is C9H14N2O4S. The van der Waals surface area contributed by atoms with Crippen LogP contribution in [0.1, 0.15) is 30.0 Å². The largest absolute Gasteiger partial charge is 0.476 e. The van der Waals surface area contributed by atoms with Crippen molar-refractivity contribution in [3.05, 3.63) is 17.5 Å². The van der Waals surface area contributed by atoms with E-state index >= 15 is 0 Å². The summed E-state index contributed by atoms with van der Waals surface area (Å²) in [5.74, 6) is -1.29. The number of carbonyl (C=O) groups is 1. The van der Waals surface area contributed by atoms with Gasteiger partial charge in [0.05, 0.1) is 11.4 Å². The maximum Gasteiger partial charge on any atom is 0.356 e. The summed E-state index contributed by atoms with van der Waals surface area (Å²) in [5.41, 5.74) is 0.296. The molecule has 0 unspecified atom stereocenters. The van der Waals surface area contributed by atoms with E-state index in [1.807, 2.05) is 0 Å². The highest BCUT2D eigenvalue weighted by Crippen LogP contribution is 2.09. The number of hydrogen-bond donors (Lipinski definition) is 1. The smallest absolute Gasteiger partial charge is 0.356 e. The molecule has 0 fully saturated rings.